The second-order valence-corrected chi connectivity index (χ2v) is 3.74. The molecule has 6 nitrogen and oxygen atoms in total. The minimum absolute atomic E-state index is 0.258. The molecule has 0 radical (unpaired) electrons. The Kier molecular flexibility index (Phi) is 2.46. The molecule has 0 saturated heterocycles. The molecule has 0 aliphatic rings. The molecular formula is C8H7N3O3S. The second kappa shape index (κ2) is 3.77. The molecule has 78 valence electrons. The molecule has 15 heavy (non-hydrogen) atoms. The maximum Gasteiger partial charge on any atom is 0.434 e. The monoisotopic (exact) mass is 225 g/mol. The molecule has 0 aliphatic heterocycles. The zero-order chi connectivity index (χ0) is 10.8. The summed E-state index contributed by atoms with van der Waals surface area (Å²) in [5.41, 5.74) is 0. The zero-order valence-corrected chi connectivity index (χ0v) is 8.60. The minimum Gasteiger partial charge on any atom is -0.394 e. The van der Waals surface area contributed by atoms with Gasteiger partial charge in [0.05, 0.1) is 6.07 Å². The fourth-order valence-electron chi connectivity index (χ4n) is 1.00. The van der Waals surface area contributed by atoms with Crippen molar-refractivity contribution >= 4 is 17.6 Å². The molecule has 0 fully saturated rings. The Balaban J connectivity index is 2.18. The van der Waals surface area contributed by atoms with Gasteiger partial charge in [0, 0.05) is 19.4 Å². The Morgan fingerprint density at radius 1 is 1.60 bits per heavy atom. The number of imidazole rings is 1. The number of furan rings is 1. The summed E-state index contributed by atoms with van der Waals surface area (Å²) in [6, 6.07) is 2.88. The van der Waals surface area contributed by atoms with Crippen LogP contribution < -0.4 is 0 Å². The van der Waals surface area contributed by atoms with Gasteiger partial charge in [-0.2, -0.15) is 0 Å². The van der Waals surface area contributed by atoms with Crippen molar-refractivity contribution in [2.75, 3.05) is 0 Å². The van der Waals surface area contributed by atoms with E-state index in [9.17, 15) is 10.1 Å². The topological polar surface area (TPSA) is 74.1 Å². The van der Waals surface area contributed by atoms with E-state index in [2.05, 4.69) is 4.98 Å². The third-order valence-electron chi connectivity index (χ3n) is 1.72. The Labute approximate surface area is 89.1 Å². The summed E-state index contributed by atoms with van der Waals surface area (Å²) < 4.78 is 6.79. The molecule has 7 heteroatoms. The molecular weight excluding hydrogens is 218 g/mol. The van der Waals surface area contributed by atoms with E-state index in [0.717, 1.165) is 5.16 Å². The van der Waals surface area contributed by atoms with Gasteiger partial charge in [-0.3, -0.25) is 10.1 Å². The molecule has 2 aromatic rings. The smallest absolute Gasteiger partial charge is 0.394 e. The molecule has 0 spiro atoms. The maximum atomic E-state index is 10.4. The van der Waals surface area contributed by atoms with Gasteiger partial charge < -0.3 is 8.98 Å². The largest absolute Gasteiger partial charge is 0.434 e. The van der Waals surface area contributed by atoms with E-state index in [1.165, 1.54) is 17.8 Å². The van der Waals surface area contributed by atoms with Gasteiger partial charge in [-0.25, -0.2) is 4.98 Å². The van der Waals surface area contributed by atoms with Crippen LogP contribution >= 0.6 is 11.8 Å². The molecule has 0 aliphatic carbocycles. The first kappa shape index (κ1) is 9.78. The summed E-state index contributed by atoms with van der Waals surface area (Å²) in [7, 11) is 1.84. The van der Waals surface area contributed by atoms with E-state index in [4.69, 9.17) is 4.42 Å². The van der Waals surface area contributed by atoms with Crippen LogP contribution in [0.3, 0.4) is 0 Å². The Morgan fingerprint density at radius 3 is 2.93 bits per heavy atom. The van der Waals surface area contributed by atoms with Gasteiger partial charge in [0.25, 0.3) is 0 Å². The average molecular weight is 225 g/mol. The van der Waals surface area contributed by atoms with Gasteiger partial charge >= 0.3 is 5.88 Å². The average Bonchev–Trinajstić information content (AvgIpc) is 2.77. The number of hydrogen-bond donors (Lipinski definition) is 0. The van der Waals surface area contributed by atoms with Crippen LogP contribution in [0.2, 0.25) is 0 Å². The Hall–Kier alpha value is -1.76. The van der Waals surface area contributed by atoms with Crippen molar-refractivity contribution in [2.45, 2.75) is 10.2 Å². The van der Waals surface area contributed by atoms with Crippen molar-refractivity contribution in [3.05, 3.63) is 34.6 Å². The van der Waals surface area contributed by atoms with E-state index < -0.39 is 4.92 Å². The number of aromatic nitrogens is 2. The van der Waals surface area contributed by atoms with Gasteiger partial charge in [-0.1, -0.05) is 0 Å². The van der Waals surface area contributed by atoms with Crippen LogP contribution in [0, 0.1) is 10.1 Å². The Bertz CT molecular complexity index is 491. The molecule has 2 aromatic heterocycles. The molecule has 0 atom stereocenters. The standard InChI is InChI=1S/C8H7N3O3S/c1-10-5-4-9-8(10)15-7-3-2-6(14-7)11(12)13/h2-5H,1H3. The van der Waals surface area contributed by atoms with E-state index in [1.54, 1.807) is 23.0 Å². The summed E-state index contributed by atoms with van der Waals surface area (Å²) in [5.74, 6) is -0.258. The first-order valence-electron chi connectivity index (χ1n) is 4.06. The summed E-state index contributed by atoms with van der Waals surface area (Å²) in [6.07, 6.45) is 3.44. The molecule has 0 unspecified atom stereocenters. The molecule has 0 bridgehead atoms. The van der Waals surface area contributed by atoms with Crippen LogP contribution in [0.4, 0.5) is 5.88 Å². The number of nitro groups is 1. The van der Waals surface area contributed by atoms with E-state index in [-0.39, 0.29) is 5.88 Å². The Morgan fingerprint density at radius 2 is 2.40 bits per heavy atom. The first-order valence-corrected chi connectivity index (χ1v) is 4.88. The van der Waals surface area contributed by atoms with E-state index in [0.29, 0.717) is 5.09 Å². The van der Waals surface area contributed by atoms with E-state index in [1.807, 2.05) is 7.05 Å². The van der Waals surface area contributed by atoms with Crippen LogP contribution in [-0.4, -0.2) is 14.5 Å². The fourth-order valence-corrected chi connectivity index (χ4v) is 1.77. The first-order chi connectivity index (χ1) is 7.16. The summed E-state index contributed by atoms with van der Waals surface area (Å²) in [6.45, 7) is 0. The SMILES string of the molecule is Cn1ccnc1Sc1ccc([N+](=O)[O-])o1. The van der Waals surface area contributed by atoms with E-state index >= 15 is 0 Å². The number of aryl methyl sites for hydroxylation is 1. The van der Waals surface area contributed by atoms with Crippen LogP contribution in [0.15, 0.2) is 39.2 Å². The van der Waals surface area contributed by atoms with Gasteiger partial charge in [0.1, 0.15) is 4.92 Å². The lowest BCUT2D eigenvalue weighted by atomic mass is 10.6. The quantitative estimate of drug-likeness (QED) is 0.590. The molecule has 2 rings (SSSR count). The zero-order valence-electron chi connectivity index (χ0n) is 7.78. The highest BCUT2D eigenvalue weighted by Gasteiger charge is 2.13. The third kappa shape index (κ3) is 2.01. The van der Waals surface area contributed by atoms with Gasteiger partial charge in [0.15, 0.2) is 10.2 Å². The summed E-state index contributed by atoms with van der Waals surface area (Å²) in [5, 5.41) is 11.5. The minimum atomic E-state index is -0.567. The van der Waals surface area contributed by atoms with Gasteiger partial charge in [0.2, 0.25) is 0 Å². The van der Waals surface area contributed by atoms with Crippen molar-refractivity contribution in [3.8, 4) is 0 Å². The molecule has 0 aromatic carbocycles. The van der Waals surface area contributed by atoms with Crippen LogP contribution in [0.25, 0.3) is 0 Å². The molecule has 0 N–H and O–H groups in total. The summed E-state index contributed by atoms with van der Waals surface area (Å²) >= 11 is 1.24. The predicted molar refractivity (Wildman–Crippen MR) is 52.7 cm³/mol. The molecule has 2 heterocycles. The fraction of sp³-hybridized carbons (Fsp3) is 0.125. The van der Waals surface area contributed by atoms with Crippen LogP contribution in [0.1, 0.15) is 0 Å². The number of nitrogens with zero attached hydrogens (tertiary/aromatic N) is 3. The lowest BCUT2D eigenvalue weighted by molar-refractivity contribution is -0.403. The third-order valence-corrected chi connectivity index (χ3v) is 2.71. The highest BCUT2D eigenvalue weighted by Crippen LogP contribution is 2.29. The van der Waals surface area contributed by atoms with Crippen molar-refractivity contribution in [3.63, 3.8) is 0 Å². The lowest BCUT2D eigenvalue weighted by Gasteiger charge is -1.96. The molecule has 0 amide bonds. The van der Waals surface area contributed by atoms with Crippen molar-refractivity contribution in [1.82, 2.24) is 9.55 Å². The second-order valence-electron chi connectivity index (χ2n) is 2.77. The van der Waals surface area contributed by atoms with Crippen LogP contribution in [-0.2, 0) is 7.05 Å². The van der Waals surface area contributed by atoms with Crippen LogP contribution in [0.5, 0.6) is 0 Å². The predicted octanol–water partition coefficient (Wildman–Crippen LogP) is 2.07. The highest BCUT2D eigenvalue weighted by molar-refractivity contribution is 7.99. The number of hydrogen-bond acceptors (Lipinski definition) is 5. The normalized spacial score (nSPS) is 10.5. The van der Waals surface area contributed by atoms with Gasteiger partial charge in [-0.05, 0) is 17.8 Å². The van der Waals surface area contributed by atoms with Crippen molar-refractivity contribution in [2.24, 2.45) is 7.05 Å². The number of rotatable bonds is 3. The highest BCUT2D eigenvalue weighted by atomic mass is 32.2. The van der Waals surface area contributed by atoms with Gasteiger partial charge in [-0.15, -0.1) is 0 Å². The lowest BCUT2D eigenvalue weighted by Crippen LogP contribution is -1.87. The van der Waals surface area contributed by atoms with Crippen molar-refractivity contribution in [1.29, 1.82) is 0 Å². The summed E-state index contributed by atoms with van der Waals surface area (Å²) in [4.78, 5) is 13.9. The molecule has 0 saturated carbocycles. The maximum absolute atomic E-state index is 10.4. The van der Waals surface area contributed by atoms with Crippen molar-refractivity contribution < 1.29 is 9.34 Å².